The van der Waals surface area contributed by atoms with Crippen LogP contribution in [0.25, 0.3) is 0 Å². The molecule has 2 aromatic rings. The van der Waals surface area contributed by atoms with Gasteiger partial charge in [0, 0.05) is 24.5 Å². The lowest BCUT2D eigenvalue weighted by atomic mass is 9.75. The van der Waals surface area contributed by atoms with Crippen molar-refractivity contribution in [3.8, 4) is 0 Å². The van der Waals surface area contributed by atoms with Gasteiger partial charge >= 0.3 is 0 Å². The van der Waals surface area contributed by atoms with Crippen LogP contribution in [0.15, 0.2) is 36.8 Å². The summed E-state index contributed by atoms with van der Waals surface area (Å²) in [5.41, 5.74) is 1.95. The van der Waals surface area contributed by atoms with Gasteiger partial charge in [-0.3, -0.25) is 0 Å². The summed E-state index contributed by atoms with van der Waals surface area (Å²) < 4.78 is 13.6. The van der Waals surface area contributed by atoms with Crippen LogP contribution in [0.5, 0.6) is 0 Å². The van der Waals surface area contributed by atoms with E-state index in [2.05, 4.69) is 15.3 Å². The van der Waals surface area contributed by atoms with Crippen molar-refractivity contribution < 1.29 is 4.39 Å². The molecule has 1 aliphatic rings. The van der Waals surface area contributed by atoms with E-state index in [0.29, 0.717) is 12.0 Å². The Labute approximate surface area is 105 Å². The van der Waals surface area contributed by atoms with Gasteiger partial charge in [0.1, 0.15) is 5.82 Å². The summed E-state index contributed by atoms with van der Waals surface area (Å²) in [5, 5.41) is 3.45. The Balaban J connectivity index is 1.50. The Hall–Kier alpha value is -1.68. The van der Waals surface area contributed by atoms with E-state index < -0.39 is 0 Å². The van der Waals surface area contributed by atoms with E-state index >= 15 is 0 Å². The first kappa shape index (κ1) is 11.4. The Bertz CT molecular complexity index is 504. The number of halogens is 1. The predicted octanol–water partition coefficient (Wildman–Crippen LogP) is 2.58. The largest absolute Gasteiger partial charge is 0.347 e. The van der Waals surface area contributed by atoms with Crippen LogP contribution in [-0.2, 0) is 6.54 Å². The summed E-state index contributed by atoms with van der Waals surface area (Å²) in [5.74, 6) is 0.292. The lowest BCUT2D eigenvalue weighted by Gasteiger charge is -2.36. The second-order valence-electron chi connectivity index (χ2n) is 4.84. The molecule has 1 aliphatic carbocycles. The molecule has 0 spiro atoms. The van der Waals surface area contributed by atoms with Crippen molar-refractivity contribution in [2.45, 2.75) is 31.3 Å². The van der Waals surface area contributed by atoms with Gasteiger partial charge in [-0.25, -0.2) is 9.37 Å². The maximum Gasteiger partial charge on any atom is 0.126 e. The summed E-state index contributed by atoms with van der Waals surface area (Å²) in [7, 11) is 0. The van der Waals surface area contributed by atoms with Crippen molar-refractivity contribution in [2.24, 2.45) is 0 Å². The van der Waals surface area contributed by atoms with Gasteiger partial charge in [0.2, 0.25) is 0 Å². The molecule has 1 aromatic carbocycles. The standard InChI is InChI=1S/C14H16FN3/c15-14-4-2-1-3-13(14)10-5-11(6-10)17-8-12-7-16-9-18-12/h1-4,7,9-11,17H,5-6,8H2,(H,16,18). The average molecular weight is 245 g/mol. The smallest absolute Gasteiger partial charge is 0.126 e. The monoisotopic (exact) mass is 245 g/mol. The van der Waals surface area contributed by atoms with Crippen molar-refractivity contribution in [3.05, 3.63) is 53.9 Å². The lowest BCUT2D eigenvalue weighted by molar-refractivity contribution is 0.283. The molecule has 3 nitrogen and oxygen atoms in total. The Morgan fingerprint density at radius 2 is 2.17 bits per heavy atom. The maximum absolute atomic E-state index is 13.6. The molecule has 1 saturated carbocycles. The topological polar surface area (TPSA) is 40.7 Å². The van der Waals surface area contributed by atoms with Crippen LogP contribution >= 0.6 is 0 Å². The number of nitrogens with zero attached hydrogens (tertiary/aromatic N) is 1. The van der Waals surface area contributed by atoms with Gasteiger partial charge in [-0.05, 0) is 30.4 Å². The van der Waals surface area contributed by atoms with E-state index in [1.165, 1.54) is 0 Å². The minimum absolute atomic E-state index is 0.0745. The number of imidazole rings is 1. The van der Waals surface area contributed by atoms with Gasteiger partial charge in [-0.15, -0.1) is 0 Å². The van der Waals surface area contributed by atoms with E-state index in [9.17, 15) is 4.39 Å². The summed E-state index contributed by atoms with van der Waals surface area (Å²) in [4.78, 5) is 7.03. The molecule has 3 rings (SSSR count). The summed E-state index contributed by atoms with van der Waals surface area (Å²) >= 11 is 0. The minimum atomic E-state index is -0.0745. The Kier molecular flexibility index (Phi) is 3.11. The fourth-order valence-corrected chi connectivity index (χ4v) is 2.48. The lowest BCUT2D eigenvalue weighted by Crippen LogP contribution is -2.39. The Morgan fingerprint density at radius 3 is 2.89 bits per heavy atom. The first-order valence-corrected chi connectivity index (χ1v) is 6.28. The third kappa shape index (κ3) is 2.29. The number of H-pyrrole nitrogens is 1. The van der Waals surface area contributed by atoms with E-state index in [1.807, 2.05) is 18.3 Å². The molecule has 1 aromatic heterocycles. The number of benzene rings is 1. The minimum Gasteiger partial charge on any atom is -0.347 e. The van der Waals surface area contributed by atoms with Crippen LogP contribution in [-0.4, -0.2) is 16.0 Å². The van der Waals surface area contributed by atoms with Crippen molar-refractivity contribution in [1.82, 2.24) is 15.3 Å². The molecule has 0 unspecified atom stereocenters. The van der Waals surface area contributed by atoms with Gasteiger partial charge < -0.3 is 10.3 Å². The second kappa shape index (κ2) is 4.90. The fourth-order valence-electron chi connectivity index (χ4n) is 2.48. The zero-order chi connectivity index (χ0) is 12.4. The van der Waals surface area contributed by atoms with Crippen LogP contribution in [0, 0.1) is 5.82 Å². The van der Waals surface area contributed by atoms with Gasteiger partial charge in [0.05, 0.1) is 6.33 Å². The molecule has 94 valence electrons. The van der Waals surface area contributed by atoms with Crippen molar-refractivity contribution in [3.63, 3.8) is 0 Å². The van der Waals surface area contributed by atoms with Crippen molar-refractivity contribution in [2.75, 3.05) is 0 Å². The zero-order valence-electron chi connectivity index (χ0n) is 10.1. The summed E-state index contributed by atoms with van der Waals surface area (Å²) in [6, 6.07) is 7.57. The van der Waals surface area contributed by atoms with Gasteiger partial charge in [-0.2, -0.15) is 0 Å². The van der Waals surface area contributed by atoms with Gasteiger partial charge in [-0.1, -0.05) is 18.2 Å². The predicted molar refractivity (Wildman–Crippen MR) is 67.6 cm³/mol. The number of nitrogens with one attached hydrogen (secondary N) is 2. The Morgan fingerprint density at radius 1 is 1.33 bits per heavy atom. The highest BCUT2D eigenvalue weighted by molar-refractivity contribution is 5.24. The quantitative estimate of drug-likeness (QED) is 0.869. The SMILES string of the molecule is Fc1ccccc1C1CC(NCc2cnc[nH]2)C1. The molecular formula is C14H16FN3. The molecule has 4 heteroatoms. The van der Waals surface area contributed by atoms with Crippen molar-refractivity contribution in [1.29, 1.82) is 0 Å². The summed E-state index contributed by atoms with van der Waals surface area (Å²) in [6.45, 7) is 0.800. The third-order valence-corrected chi connectivity index (χ3v) is 3.62. The molecule has 0 aliphatic heterocycles. The maximum atomic E-state index is 13.6. The number of hydrogen-bond donors (Lipinski definition) is 2. The normalized spacial score (nSPS) is 22.7. The van der Waals surface area contributed by atoms with E-state index in [1.54, 1.807) is 18.5 Å². The van der Waals surface area contributed by atoms with E-state index in [0.717, 1.165) is 30.6 Å². The van der Waals surface area contributed by atoms with E-state index in [4.69, 9.17) is 0 Å². The van der Waals surface area contributed by atoms with Gasteiger partial charge in [0.15, 0.2) is 0 Å². The number of aromatic nitrogens is 2. The number of aromatic amines is 1. The molecule has 2 N–H and O–H groups in total. The first-order chi connectivity index (χ1) is 8.83. The number of hydrogen-bond acceptors (Lipinski definition) is 2. The van der Waals surface area contributed by atoms with Crippen LogP contribution in [0.1, 0.15) is 30.0 Å². The highest BCUT2D eigenvalue weighted by atomic mass is 19.1. The van der Waals surface area contributed by atoms with Crippen LogP contribution in [0.4, 0.5) is 4.39 Å². The molecule has 0 amide bonds. The average Bonchev–Trinajstić information content (AvgIpc) is 2.82. The molecule has 1 heterocycles. The molecule has 1 fully saturated rings. The molecular weight excluding hydrogens is 229 g/mol. The zero-order valence-corrected chi connectivity index (χ0v) is 10.1. The summed E-state index contributed by atoms with van der Waals surface area (Å²) in [6.07, 6.45) is 5.52. The van der Waals surface area contributed by atoms with Crippen molar-refractivity contribution >= 4 is 0 Å². The fraction of sp³-hybridized carbons (Fsp3) is 0.357. The number of rotatable bonds is 4. The first-order valence-electron chi connectivity index (χ1n) is 6.28. The molecule has 0 radical (unpaired) electrons. The molecule has 18 heavy (non-hydrogen) atoms. The van der Waals surface area contributed by atoms with Crippen LogP contribution < -0.4 is 5.32 Å². The van der Waals surface area contributed by atoms with Crippen LogP contribution in [0.3, 0.4) is 0 Å². The molecule has 0 bridgehead atoms. The van der Waals surface area contributed by atoms with E-state index in [-0.39, 0.29) is 5.82 Å². The molecule has 0 atom stereocenters. The molecule has 0 saturated heterocycles. The highest BCUT2D eigenvalue weighted by Gasteiger charge is 2.31. The highest BCUT2D eigenvalue weighted by Crippen LogP contribution is 2.37. The van der Waals surface area contributed by atoms with Crippen LogP contribution in [0.2, 0.25) is 0 Å². The van der Waals surface area contributed by atoms with Gasteiger partial charge in [0.25, 0.3) is 0 Å². The third-order valence-electron chi connectivity index (χ3n) is 3.62. The second-order valence-corrected chi connectivity index (χ2v) is 4.84.